The van der Waals surface area contributed by atoms with Gasteiger partial charge in [0.25, 0.3) is 0 Å². The Balaban J connectivity index is 5.11. The summed E-state index contributed by atoms with van der Waals surface area (Å²) in [5.41, 5.74) is 0. The molecule has 0 aliphatic heterocycles. The summed E-state index contributed by atoms with van der Waals surface area (Å²) in [5.74, 6) is 0. The van der Waals surface area contributed by atoms with Crippen LogP contribution >= 0.6 is 63.9 Å². The van der Waals surface area contributed by atoms with Crippen molar-refractivity contribution >= 4 is 72.2 Å². The maximum atomic E-state index is 6.27. The Labute approximate surface area is 145 Å². The number of halogens is 6. The predicted octanol–water partition coefficient (Wildman–Crippen LogP) is 6.76. The molecule has 0 bridgehead atoms. The van der Waals surface area contributed by atoms with E-state index in [2.05, 4.69) is 0 Å². The molecule has 1 atom stereocenters. The molecule has 19 heavy (non-hydrogen) atoms. The van der Waals surface area contributed by atoms with Crippen LogP contribution in [-0.4, -0.2) is 18.2 Å². The van der Waals surface area contributed by atoms with Gasteiger partial charge in [-0.05, 0) is 0 Å². The van der Waals surface area contributed by atoms with Gasteiger partial charge in [-0.2, -0.15) is 0 Å². The van der Waals surface area contributed by atoms with Gasteiger partial charge in [-0.15, -0.1) is 0 Å². The summed E-state index contributed by atoms with van der Waals surface area (Å²) in [7, 11) is 16.7. The van der Waals surface area contributed by atoms with Crippen LogP contribution in [0.25, 0.3) is 0 Å². The number of hydrogen-bond donors (Lipinski definition) is 0. The summed E-state index contributed by atoms with van der Waals surface area (Å²) >= 11 is 11.9. The van der Waals surface area contributed by atoms with Crippen molar-refractivity contribution in [2.24, 2.45) is 0 Å². The van der Waals surface area contributed by atoms with Crippen LogP contribution in [0.2, 0.25) is 18.1 Å². The average Bonchev–Trinajstić information content (AvgIpc) is 2.23. The molecular formula is C9H19Cl6O2SiZn. The van der Waals surface area contributed by atoms with Gasteiger partial charge >= 0.3 is 146 Å². The van der Waals surface area contributed by atoms with Gasteiger partial charge in [-0.1, -0.05) is 0 Å². The second kappa shape index (κ2) is 7.38. The topological polar surface area (TPSA) is 18.5 Å². The number of alkyl halides is 3. The third-order valence-electron chi connectivity index (χ3n) is 3.43. The fourth-order valence-electron chi connectivity index (χ4n) is 2.04. The molecule has 115 valence electrons. The molecule has 0 aromatic heterocycles. The van der Waals surface area contributed by atoms with Crippen LogP contribution in [0.4, 0.5) is 0 Å². The third-order valence-corrected chi connectivity index (χ3v) is 25.1. The van der Waals surface area contributed by atoms with Crippen LogP contribution in [0.1, 0.15) is 27.7 Å². The van der Waals surface area contributed by atoms with Crippen LogP contribution in [-0.2, 0) is 18.2 Å². The number of hydrogen-bond acceptors (Lipinski definition) is 2. The van der Waals surface area contributed by atoms with Crippen molar-refractivity contribution in [3.63, 3.8) is 0 Å². The standard InChI is InChI=1S/C6H15OSi.C3H4Cl3O.3ClH.Zn/c1-4-8(7,5-2)6-3;1-2(7)3(4,5)6;;;;/h4-6H2,1-3H3;2H,1H3;3*1H;/q2*-1;;;;+5/p-3. The molecular weight excluding hydrogens is 446 g/mol. The molecule has 1 unspecified atom stereocenters. The first-order valence-electron chi connectivity index (χ1n) is 6.43. The van der Waals surface area contributed by atoms with Gasteiger partial charge in [0.15, 0.2) is 0 Å². The van der Waals surface area contributed by atoms with Gasteiger partial charge in [0.05, 0.1) is 0 Å². The van der Waals surface area contributed by atoms with Crippen molar-refractivity contribution in [2.45, 2.75) is 55.7 Å². The average molecular weight is 465 g/mol. The van der Waals surface area contributed by atoms with E-state index in [1.165, 1.54) is 0 Å². The third kappa shape index (κ3) is 7.54. The molecule has 0 spiro atoms. The Morgan fingerprint density at radius 3 is 1.63 bits per heavy atom. The normalized spacial score (nSPS) is 16.6. The van der Waals surface area contributed by atoms with E-state index in [-0.39, 0.29) is 0 Å². The predicted molar refractivity (Wildman–Crippen MR) is 86.7 cm³/mol. The Morgan fingerprint density at radius 2 is 1.37 bits per heavy atom. The van der Waals surface area contributed by atoms with E-state index in [1.54, 1.807) is 6.92 Å². The van der Waals surface area contributed by atoms with Gasteiger partial charge in [0.2, 0.25) is 0 Å². The summed E-state index contributed by atoms with van der Waals surface area (Å²) in [6, 6.07) is 2.55. The van der Waals surface area contributed by atoms with Gasteiger partial charge < -0.3 is 0 Å². The van der Waals surface area contributed by atoms with E-state index in [4.69, 9.17) is 70.7 Å². The van der Waals surface area contributed by atoms with E-state index >= 15 is 0 Å². The summed E-state index contributed by atoms with van der Waals surface area (Å²) in [4.78, 5) is 0. The van der Waals surface area contributed by atoms with E-state index < -0.39 is 29.6 Å². The monoisotopic (exact) mass is 461 g/mol. The second-order valence-corrected chi connectivity index (χ2v) is 38.4. The molecule has 2 nitrogen and oxygen atoms in total. The molecule has 0 saturated heterocycles. The molecule has 0 heterocycles. The molecule has 0 aromatic carbocycles. The fourth-order valence-corrected chi connectivity index (χ4v) is 32.2. The molecule has 0 rings (SSSR count). The molecule has 0 aliphatic rings. The van der Waals surface area contributed by atoms with Gasteiger partial charge in [-0.3, -0.25) is 0 Å². The van der Waals surface area contributed by atoms with Crippen molar-refractivity contribution in [1.29, 1.82) is 0 Å². The Hall–Kier alpha value is 2.50. The van der Waals surface area contributed by atoms with Crippen molar-refractivity contribution in [2.75, 3.05) is 0 Å². The molecule has 0 N–H and O–H groups in total. The van der Waals surface area contributed by atoms with Crippen molar-refractivity contribution in [3.8, 4) is 0 Å². The zero-order valence-corrected chi connectivity index (χ0v) is 20.0. The van der Waals surface area contributed by atoms with Crippen molar-refractivity contribution in [3.05, 3.63) is 0 Å². The molecule has 0 saturated carbocycles. The van der Waals surface area contributed by atoms with Crippen molar-refractivity contribution < 1.29 is 18.2 Å². The number of rotatable bonds is 7. The maximum absolute atomic E-state index is 6.27. The molecule has 0 aliphatic carbocycles. The van der Waals surface area contributed by atoms with E-state index in [1.807, 2.05) is 20.8 Å². The van der Waals surface area contributed by atoms with Gasteiger partial charge in [0.1, 0.15) is 0 Å². The van der Waals surface area contributed by atoms with Gasteiger partial charge in [-0.25, -0.2) is 0 Å². The molecule has 0 fully saturated rings. The summed E-state index contributed by atoms with van der Waals surface area (Å²) in [6.45, 7) is 7.66. The van der Waals surface area contributed by atoms with Crippen LogP contribution in [0.5, 0.6) is 0 Å². The summed E-state index contributed by atoms with van der Waals surface area (Å²) in [5, 5.41) is 0. The minimum absolute atomic E-state index is 0.850. The SMILES string of the molecule is CC[Si](CC)(CC)[O][Zn]([Cl])([Cl])([Cl])[O]C(C)C(Cl)(Cl)Cl. The summed E-state index contributed by atoms with van der Waals surface area (Å²) in [6.07, 6.45) is -0.851. The molecule has 10 heteroatoms. The molecule has 0 aromatic rings. The summed E-state index contributed by atoms with van der Waals surface area (Å²) < 4.78 is 9.80. The van der Waals surface area contributed by atoms with Crippen LogP contribution in [0.3, 0.4) is 0 Å². The Bertz CT molecular complexity index is 291. The van der Waals surface area contributed by atoms with Crippen LogP contribution < -0.4 is 0 Å². The van der Waals surface area contributed by atoms with Gasteiger partial charge in [0, 0.05) is 0 Å². The first-order valence-corrected chi connectivity index (χ1v) is 24.2. The minimum atomic E-state index is -5.37. The van der Waals surface area contributed by atoms with Crippen molar-refractivity contribution in [1.82, 2.24) is 0 Å². The Morgan fingerprint density at radius 1 is 1.00 bits per heavy atom. The molecule has 0 amide bonds. The van der Waals surface area contributed by atoms with Crippen LogP contribution in [0, 0.1) is 0 Å². The van der Waals surface area contributed by atoms with E-state index in [9.17, 15) is 0 Å². The fraction of sp³-hybridized carbons (Fsp3) is 1.00. The van der Waals surface area contributed by atoms with E-state index in [0.717, 1.165) is 18.1 Å². The second-order valence-electron chi connectivity index (χ2n) is 4.81. The van der Waals surface area contributed by atoms with Crippen LogP contribution in [0.15, 0.2) is 0 Å². The molecule has 0 radical (unpaired) electrons. The first-order chi connectivity index (χ1) is 8.28. The quantitative estimate of drug-likeness (QED) is 0.305. The first kappa shape index (κ1) is 21.5. The zero-order valence-electron chi connectivity index (χ0n) is 11.5. The zero-order chi connectivity index (χ0) is 15.6. The van der Waals surface area contributed by atoms with E-state index in [0.29, 0.717) is 0 Å². The Kier molecular flexibility index (Phi) is 8.35.